The number of fused-ring (bicyclic) bond motifs is 1. The zero-order valence-electron chi connectivity index (χ0n) is 10.9. The predicted molar refractivity (Wildman–Crippen MR) is 73.1 cm³/mol. The molecule has 0 bridgehead atoms. The number of para-hydroxylation sites is 1. The van der Waals surface area contributed by atoms with Gasteiger partial charge in [0.15, 0.2) is 11.4 Å². The predicted octanol–water partition coefficient (Wildman–Crippen LogP) is 0.914. The molecule has 0 aliphatic rings. The highest BCUT2D eigenvalue weighted by atomic mass is 16.4. The van der Waals surface area contributed by atoms with E-state index in [1.807, 2.05) is 0 Å². The van der Waals surface area contributed by atoms with E-state index in [1.165, 1.54) is 6.92 Å². The van der Waals surface area contributed by atoms with E-state index in [1.54, 1.807) is 36.4 Å². The third kappa shape index (κ3) is 1.99. The molecular weight excluding hydrogens is 272 g/mol. The minimum Gasteiger partial charge on any atom is -0.407 e. The highest BCUT2D eigenvalue weighted by molar-refractivity contribution is 5.78. The second-order valence-electron chi connectivity index (χ2n) is 4.26. The summed E-state index contributed by atoms with van der Waals surface area (Å²) in [5.41, 5.74) is -1.35. The van der Waals surface area contributed by atoms with Crippen LogP contribution in [0.4, 0.5) is 0 Å². The Hall–Kier alpha value is -3.27. The number of nitriles is 1. The molecule has 2 aromatic heterocycles. The van der Waals surface area contributed by atoms with E-state index in [-0.39, 0.29) is 22.5 Å². The molecule has 0 aliphatic carbocycles. The van der Waals surface area contributed by atoms with Crippen LogP contribution in [-0.4, -0.2) is 14.8 Å². The second-order valence-corrected chi connectivity index (χ2v) is 4.26. The first-order valence-electron chi connectivity index (χ1n) is 6.02. The quantitative estimate of drug-likeness (QED) is 0.656. The van der Waals surface area contributed by atoms with E-state index in [2.05, 4.69) is 10.1 Å². The van der Waals surface area contributed by atoms with Gasteiger partial charge in [-0.2, -0.15) is 15.0 Å². The number of nitrogens with zero attached hydrogens (tertiary/aromatic N) is 4. The Labute approximate surface area is 117 Å². The molecule has 0 fully saturated rings. The molecule has 3 rings (SSSR count). The van der Waals surface area contributed by atoms with Gasteiger partial charge in [-0.1, -0.05) is 18.2 Å². The summed E-state index contributed by atoms with van der Waals surface area (Å²) in [5.74, 6) is 0.0719. The van der Waals surface area contributed by atoms with E-state index >= 15 is 0 Å². The zero-order chi connectivity index (χ0) is 15.0. The van der Waals surface area contributed by atoms with E-state index in [0.717, 1.165) is 4.68 Å². The van der Waals surface area contributed by atoms with Crippen LogP contribution in [0, 0.1) is 18.3 Å². The second kappa shape index (κ2) is 4.68. The van der Waals surface area contributed by atoms with Crippen LogP contribution in [-0.2, 0) is 0 Å². The van der Waals surface area contributed by atoms with Crippen LogP contribution in [0.25, 0.3) is 16.7 Å². The molecule has 0 radical (unpaired) electrons. The van der Waals surface area contributed by atoms with Crippen molar-refractivity contribution >= 4 is 11.0 Å². The average molecular weight is 280 g/mol. The lowest BCUT2D eigenvalue weighted by atomic mass is 10.2. The fourth-order valence-corrected chi connectivity index (χ4v) is 1.97. The summed E-state index contributed by atoms with van der Waals surface area (Å²) < 4.78 is 5.86. The van der Waals surface area contributed by atoms with Gasteiger partial charge in [-0.05, 0) is 12.1 Å². The molecule has 21 heavy (non-hydrogen) atoms. The summed E-state index contributed by atoms with van der Waals surface area (Å²) in [7, 11) is 0. The van der Waals surface area contributed by atoms with E-state index in [0.29, 0.717) is 5.69 Å². The molecule has 7 heteroatoms. The van der Waals surface area contributed by atoms with Crippen LogP contribution in [0.3, 0.4) is 0 Å². The lowest BCUT2D eigenvalue weighted by Crippen LogP contribution is -2.26. The molecule has 0 saturated carbocycles. The Kier molecular flexibility index (Phi) is 2.84. The van der Waals surface area contributed by atoms with Crippen LogP contribution in [0.2, 0.25) is 0 Å². The molecule has 2 heterocycles. The number of rotatable bonds is 1. The standard InChI is InChI=1S/C14H8N4O3/c1-8-16-11-10(7-15)13(19)18(9-5-3-2-4-6-9)17-12(11)14(20)21-8/h2-6H,1H3. The molecule has 0 saturated heterocycles. The van der Waals surface area contributed by atoms with Gasteiger partial charge in [-0.25, -0.2) is 9.78 Å². The topological polar surface area (TPSA) is 102 Å². The van der Waals surface area contributed by atoms with E-state index < -0.39 is 11.2 Å². The molecule has 102 valence electrons. The van der Waals surface area contributed by atoms with Gasteiger partial charge in [-0.15, -0.1) is 0 Å². The highest BCUT2D eigenvalue weighted by Crippen LogP contribution is 2.10. The SMILES string of the molecule is Cc1nc2c(C#N)c(=O)n(-c3ccccc3)nc2c(=O)o1. The van der Waals surface area contributed by atoms with Gasteiger partial charge in [0.2, 0.25) is 0 Å². The van der Waals surface area contributed by atoms with Gasteiger partial charge in [-0.3, -0.25) is 4.79 Å². The van der Waals surface area contributed by atoms with E-state index in [4.69, 9.17) is 4.42 Å². The molecule has 0 spiro atoms. The molecule has 1 aromatic carbocycles. The maximum absolute atomic E-state index is 12.3. The summed E-state index contributed by atoms with van der Waals surface area (Å²) >= 11 is 0. The number of benzene rings is 1. The molecule has 7 nitrogen and oxygen atoms in total. The number of hydrogen-bond donors (Lipinski definition) is 0. The monoisotopic (exact) mass is 280 g/mol. The summed E-state index contributed by atoms with van der Waals surface area (Å²) in [6, 6.07) is 10.3. The third-order valence-corrected chi connectivity index (χ3v) is 2.88. The van der Waals surface area contributed by atoms with Gasteiger partial charge in [0.25, 0.3) is 5.56 Å². The molecule has 0 N–H and O–H groups in total. The average Bonchev–Trinajstić information content (AvgIpc) is 2.47. The fraction of sp³-hybridized carbons (Fsp3) is 0.0714. The lowest BCUT2D eigenvalue weighted by Gasteiger charge is -2.06. The minimum atomic E-state index is -0.737. The van der Waals surface area contributed by atoms with Gasteiger partial charge in [0.1, 0.15) is 17.1 Å². The van der Waals surface area contributed by atoms with Crippen LogP contribution in [0.1, 0.15) is 11.5 Å². The van der Waals surface area contributed by atoms with Gasteiger partial charge < -0.3 is 4.42 Å². The summed E-state index contributed by atoms with van der Waals surface area (Å²) in [6.07, 6.45) is 0. The van der Waals surface area contributed by atoms with Crippen LogP contribution in [0.5, 0.6) is 0 Å². The minimum absolute atomic E-state index is 0.0385. The first-order valence-corrected chi connectivity index (χ1v) is 6.02. The van der Waals surface area contributed by atoms with E-state index in [9.17, 15) is 14.9 Å². The number of aromatic nitrogens is 3. The molecule has 0 amide bonds. The van der Waals surface area contributed by atoms with Crippen LogP contribution in [0.15, 0.2) is 44.3 Å². The van der Waals surface area contributed by atoms with Crippen LogP contribution >= 0.6 is 0 Å². The number of hydrogen-bond acceptors (Lipinski definition) is 6. The van der Waals surface area contributed by atoms with Gasteiger partial charge >= 0.3 is 5.63 Å². The largest absolute Gasteiger partial charge is 0.407 e. The van der Waals surface area contributed by atoms with Crippen molar-refractivity contribution in [3.8, 4) is 11.8 Å². The van der Waals surface area contributed by atoms with Crippen molar-refractivity contribution in [1.29, 1.82) is 5.26 Å². The Morgan fingerprint density at radius 1 is 1.19 bits per heavy atom. The summed E-state index contributed by atoms with van der Waals surface area (Å²) in [6.45, 7) is 1.46. The fourth-order valence-electron chi connectivity index (χ4n) is 1.97. The van der Waals surface area contributed by atoms with Crippen molar-refractivity contribution in [1.82, 2.24) is 14.8 Å². The maximum Gasteiger partial charge on any atom is 0.367 e. The lowest BCUT2D eigenvalue weighted by molar-refractivity contribution is 0.464. The highest BCUT2D eigenvalue weighted by Gasteiger charge is 2.17. The summed E-state index contributed by atoms with van der Waals surface area (Å²) in [4.78, 5) is 28.1. The Bertz CT molecular complexity index is 997. The molecule has 0 atom stereocenters. The third-order valence-electron chi connectivity index (χ3n) is 2.88. The van der Waals surface area contributed by atoms with Crippen molar-refractivity contribution in [2.45, 2.75) is 6.92 Å². The Morgan fingerprint density at radius 3 is 2.57 bits per heavy atom. The van der Waals surface area contributed by atoms with Crippen molar-refractivity contribution in [2.75, 3.05) is 0 Å². The van der Waals surface area contributed by atoms with Crippen molar-refractivity contribution in [3.63, 3.8) is 0 Å². The number of aryl methyl sites for hydroxylation is 1. The molecule has 0 unspecified atom stereocenters. The molecule has 3 aromatic rings. The first kappa shape index (κ1) is 12.7. The Balaban J connectivity index is 2.51. The zero-order valence-corrected chi connectivity index (χ0v) is 10.9. The molecular formula is C14H8N4O3. The van der Waals surface area contributed by atoms with Crippen molar-refractivity contribution in [2.24, 2.45) is 0 Å². The first-order chi connectivity index (χ1) is 10.1. The Morgan fingerprint density at radius 2 is 1.90 bits per heavy atom. The molecule has 0 aliphatic heterocycles. The van der Waals surface area contributed by atoms with Crippen molar-refractivity contribution < 1.29 is 4.42 Å². The maximum atomic E-state index is 12.3. The summed E-state index contributed by atoms with van der Waals surface area (Å²) in [5, 5.41) is 13.2. The van der Waals surface area contributed by atoms with Crippen LogP contribution < -0.4 is 11.2 Å². The smallest absolute Gasteiger partial charge is 0.367 e. The van der Waals surface area contributed by atoms with Gasteiger partial charge in [0, 0.05) is 6.92 Å². The van der Waals surface area contributed by atoms with Gasteiger partial charge in [0.05, 0.1) is 5.69 Å². The van der Waals surface area contributed by atoms with Crippen molar-refractivity contribution in [3.05, 3.63) is 62.6 Å². The normalized spacial score (nSPS) is 10.5.